The molecule has 0 saturated carbocycles. The maximum Gasteiger partial charge on any atom is 0.340 e. The van der Waals surface area contributed by atoms with Crippen LogP contribution in [-0.2, 0) is 32.6 Å². The van der Waals surface area contributed by atoms with Gasteiger partial charge < -0.3 is 24.8 Å². The topological polar surface area (TPSA) is 128 Å². The van der Waals surface area contributed by atoms with E-state index in [0.29, 0.717) is 24.5 Å². The van der Waals surface area contributed by atoms with Crippen molar-refractivity contribution in [1.29, 1.82) is 0 Å². The van der Waals surface area contributed by atoms with Crippen molar-refractivity contribution in [2.24, 2.45) is 0 Å². The fraction of sp³-hybridized carbons (Fsp3) is 0.200. The highest BCUT2D eigenvalue weighted by Crippen LogP contribution is 2.39. The molecule has 3 N–H and O–H groups in total. The summed E-state index contributed by atoms with van der Waals surface area (Å²) in [5, 5.41) is 9.32. The van der Waals surface area contributed by atoms with Crippen molar-refractivity contribution in [3.05, 3.63) is 155 Å². The molecule has 0 aliphatic carbocycles. The molecule has 6 rings (SSSR count). The summed E-state index contributed by atoms with van der Waals surface area (Å²) in [6, 6.07) is 34.0. The second-order valence-electron chi connectivity index (χ2n) is 11.8. The van der Waals surface area contributed by atoms with Crippen molar-refractivity contribution >= 4 is 29.3 Å². The van der Waals surface area contributed by atoms with Gasteiger partial charge in [0.15, 0.2) is 0 Å². The van der Waals surface area contributed by atoms with Crippen molar-refractivity contribution in [1.82, 2.24) is 10.3 Å². The van der Waals surface area contributed by atoms with Gasteiger partial charge in [-0.15, -0.1) is 0 Å². The number of rotatable bonds is 11. The van der Waals surface area contributed by atoms with Crippen LogP contribution in [0.1, 0.15) is 44.6 Å². The highest BCUT2D eigenvalue weighted by atomic mass is 16.5. The number of hydrogen-bond acceptors (Lipinski definition) is 8. The smallest absolute Gasteiger partial charge is 0.340 e. The number of nitrogens with zero attached hydrogens (tertiary/aromatic N) is 1. The van der Waals surface area contributed by atoms with Gasteiger partial charge in [-0.1, -0.05) is 97.1 Å². The van der Waals surface area contributed by atoms with Crippen molar-refractivity contribution in [3.63, 3.8) is 0 Å². The molecule has 0 radical (unpaired) electrons. The number of carbonyl (C=O) groups is 3. The Morgan fingerprint density at radius 3 is 1.96 bits per heavy atom. The van der Waals surface area contributed by atoms with Gasteiger partial charge in [-0.2, -0.15) is 0 Å². The summed E-state index contributed by atoms with van der Waals surface area (Å²) < 4.78 is 16.4. The zero-order valence-electron chi connectivity index (χ0n) is 27.8. The first kappa shape index (κ1) is 33.9. The molecule has 10 nitrogen and oxygen atoms in total. The van der Waals surface area contributed by atoms with E-state index in [1.54, 1.807) is 6.07 Å². The molecule has 1 aliphatic heterocycles. The van der Waals surface area contributed by atoms with Crippen molar-refractivity contribution in [2.75, 3.05) is 31.5 Å². The van der Waals surface area contributed by atoms with Gasteiger partial charge in [0.25, 0.3) is 0 Å². The number of amides is 2. The predicted octanol–water partition coefficient (Wildman–Crippen LogP) is 6.50. The number of anilines is 2. The number of hydrogen-bond donors (Lipinski definition) is 3. The third-order valence-electron chi connectivity index (χ3n) is 8.82. The average molecular weight is 671 g/mol. The van der Waals surface area contributed by atoms with Crippen LogP contribution in [0.4, 0.5) is 16.2 Å². The highest BCUT2D eigenvalue weighted by Gasteiger charge is 2.40. The summed E-state index contributed by atoms with van der Waals surface area (Å²) in [6.45, 7) is 0.472. The van der Waals surface area contributed by atoms with E-state index in [1.165, 1.54) is 32.7 Å². The normalized spacial score (nSPS) is 12.8. The first-order chi connectivity index (χ1) is 24.4. The summed E-state index contributed by atoms with van der Waals surface area (Å²) in [5.74, 6) is -0.480. The molecular formula is C40H38N4O6. The molecule has 0 saturated heterocycles. The van der Waals surface area contributed by atoms with Crippen LogP contribution in [0, 0.1) is 0 Å². The van der Waals surface area contributed by atoms with E-state index >= 15 is 0 Å². The fourth-order valence-corrected chi connectivity index (χ4v) is 6.51. The molecule has 2 amide bonds. The van der Waals surface area contributed by atoms with Gasteiger partial charge in [0, 0.05) is 6.20 Å². The number of ether oxygens (including phenoxy) is 3. The van der Waals surface area contributed by atoms with Crippen molar-refractivity contribution in [3.8, 4) is 5.75 Å². The summed E-state index contributed by atoms with van der Waals surface area (Å²) in [7, 11) is 2.66. The van der Waals surface area contributed by atoms with E-state index in [9.17, 15) is 14.4 Å². The summed E-state index contributed by atoms with van der Waals surface area (Å²) in [5.41, 5.74) is 4.60. The average Bonchev–Trinajstić information content (AvgIpc) is 3.18. The Morgan fingerprint density at radius 1 is 0.780 bits per heavy atom. The monoisotopic (exact) mass is 670 g/mol. The minimum Gasteiger partial charge on any atom is -0.491 e. The van der Waals surface area contributed by atoms with Crippen LogP contribution >= 0.6 is 0 Å². The number of carbonyl (C=O) groups excluding carboxylic acids is 3. The van der Waals surface area contributed by atoms with E-state index in [1.807, 2.05) is 60.7 Å². The third-order valence-corrected chi connectivity index (χ3v) is 8.82. The van der Waals surface area contributed by atoms with Gasteiger partial charge >= 0.3 is 18.0 Å². The summed E-state index contributed by atoms with van der Waals surface area (Å²) in [4.78, 5) is 43.1. The van der Waals surface area contributed by atoms with Gasteiger partial charge in [-0.25, -0.2) is 9.59 Å². The Labute approximate surface area is 290 Å². The number of esters is 2. The van der Waals surface area contributed by atoms with Gasteiger partial charge in [-0.3, -0.25) is 15.1 Å². The second kappa shape index (κ2) is 15.5. The van der Waals surface area contributed by atoms with E-state index < -0.39 is 29.6 Å². The Kier molecular flexibility index (Phi) is 10.5. The number of urea groups is 1. The number of nitrogens with one attached hydrogen (secondary N) is 3. The van der Waals surface area contributed by atoms with Crippen molar-refractivity contribution in [2.45, 2.75) is 30.8 Å². The molecule has 5 aromatic rings. The van der Waals surface area contributed by atoms with Gasteiger partial charge in [-0.05, 0) is 59.2 Å². The summed E-state index contributed by atoms with van der Waals surface area (Å²) >= 11 is 0. The lowest BCUT2D eigenvalue weighted by molar-refractivity contribution is -0.143. The van der Waals surface area contributed by atoms with Crippen LogP contribution in [0.2, 0.25) is 0 Å². The molecule has 1 aromatic heterocycles. The maximum absolute atomic E-state index is 13.7. The molecule has 50 heavy (non-hydrogen) atoms. The number of pyridine rings is 1. The largest absolute Gasteiger partial charge is 0.491 e. The van der Waals surface area contributed by atoms with Crippen LogP contribution in [0.25, 0.3) is 0 Å². The highest BCUT2D eigenvalue weighted by molar-refractivity contribution is 6.05. The van der Waals surface area contributed by atoms with Crippen molar-refractivity contribution < 1.29 is 28.6 Å². The molecular weight excluding hydrogens is 632 g/mol. The molecule has 4 aromatic carbocycles. The first-order valence-electron chi connectivity index (χ1n) is 16.3. The number of fused-ring (bicyclic) bond motifs is 1. The molecule has 0 fully saturated rings. The maximum atomic E-state index is 13.7. The Balaban J connectivity index is 1.36. The van der Waals surface area contributed by atoms with E-state index in [0.717, 1.165) is 34.2 Å². The van der Waals surface area contributed by atoms with E-state index in [-0.39, 0.29) is 17.7 Å². The second-order valence-corrected chi connectivity index (χ2v) is 11.8. The lowest BCUT2D eigenvalue weighted by Gasteiger charge is -2.39. The zero-order chi connectivity index (χ0) is 34.9. The van der Waals surface area contributed by atoms with Crippen LogP contribution in [0.5, 0.6) is 5.75 Å². The van der Waals surface area contributed by atoms with E-state index in [4.69, 9.17) is 14.2 Å². The van der Waals surface area contributed by atoms with Gasteiger partial charge in [0.2, 0.25) is 0 Å². The van der Waals surface area contributed by atoms with Crippen LogP contribution in [0.15, 0.2) is 122 Å². The van der Waals surface area contributed by atoms with Crippen LogP contribution < -0.4 is 20.7 Å². The predicted molar refractivity (Wildman–Crippen MR) is 190 cm³/mol. The number of methoxy groups -OCH3 is 2. The van der Waals surface area contributed by atoms with Gasteiger partial charge in [0.05, 0.1) is 49.5 Å². The lowest BCUT2D eigenvalue weighted by atomic mass is 9.76. The van der Waals surface area contributed by atoms with Crippen LogP contribution in [-0.4, -0.2) is 49.8 Å². The fourth-order valence-electron chi connectivity index (χ4n) is 6.51. The molecule has 1 atom stereocenters. The molecule has 0 spiro atoms. The summed E-state index contributed by atoms with van der Waals surface area (Å²) in [6.07, 6.45) is 4.56. The minimum absolute atomic E-state index is 0.171. The third kappa shape index (κ3) is 7.06. The Morgan fingerprint density at radius 2 is 1.38 bits per heavy atom. The molecule has 0 unspecified atom stereocenters. The number of aromatic nitrogens is 1. The molecule has 1 aliphatic rings. The molecule has 10 heteroatoms. The Hall–Kier alpha value is -6.00. The van der Waals surface area contributed by atoms with E-state index in [2.05, 4.69) is 57.3 Å². The van der Waals surface area contributed by atoms with Gasteiger partial charge in [0.1, 0.15) is 11.8 Å². The molecule has 0 bridgehead atoms. The standard InChI is InChI=1S/C40H38N4O6/c1-48-37(45)32-22-23-41-26-35(32)43-39(47)42-33-21-20-27(31-19-12-24-50-36(31)33)25-34(38(46)49-2)44-40(28-13-6-3-7-14-28,29-15-8-4-9-16-29)30-17-10-5-11-18-30/h3-11,13-18,20-23,26,34,44H,12,19,24-25H2,1-2H3,(H2,42,43,47)/t34-/m0/s1. The molecule has 2 heterocycles. The first-order valence-corrected chi connectivity index (χ1v) is 16.3. The van der Waals surface area contributed by atoms with Crippen LogP contribution in [0.3, 0.4) is 0 Å². The SMILES string of the molecule is COC(=O)c1ccncc1NC(=O)Nc1ccc(C[C@H](NC(c2ccccc2)(c2ccccc2)c2ccccc2)C(=O)OC)c2c1OCCC2. The quantitative estimate of drug-likeness (QED) is 0.107. The minimum atomic E-state index is -0.909. The number of benzene rings is 4. The zero-order valence-corrected chi connectivity index (χ0v) is 27.8. The molecule has 254 valence electrons. The Bertz CT molecular complexity index is 1860. The lowest BCUT2D eigenvalue weighted by Crippen LogP contribution is -2.53.